The third-order valence-electron chi connectivity index (χ3n) is 10.3. The van der Waals surface area contributed by atoms with Gasteiger partial charge >= 0.3 is 21.2 Å². The van der Waals surface area contributed by atoms with Gasteiger partial charge in [-0.2, -0.15) is 0 Å². The molecule has 20 heteroatoms. The van der Waals surface area contributed by atoms with Gasteiger partial charge in [-0.15, -0.1) is 0 Å². The van der Waals surface area contributed by atoms with E-state index in [1.165, 1.54) is 30.3 Å². The summed E-state index contributed by atoms with van der Waals surface area (Å²) < 4.78 is 79.9. The van der Waals surface area contributed by atoms with E-state index in [1.807, 2.05) is 6.82 Å². The van der Waals surface area contributed by atoms with Crippen LogP contribution in [0.25, 0.3) is 14.5 Å². The average molecular weight is 948 g/mol. The van der Waals surface area contributed by atoms with E-state index in [4.69, 9.17) is 90.9 Å². The first-order valence-corrected chi connectivity index (χ1v) is 20.8. The van der Waals surface area contributed by atoms with E-state index >= 15 is 0 Å². The van der Waals surface area contributed by atoms with Crippen LogP contribution in [0.5, 0.6) is 34.9 Å². The molecule has 0 saturated heterocycles. The maximum absolute atomic E-state index is 9.85. The minimum atomic E-state index is -2.11. The summed E-state index contributed by atoms with van der Waals surface area (Å²) in [6.45, 7) is 26.9. The van der Waals surface area contributed by atoms with Gasteiger partial charge in [-0.05, 0) is 134 Å². The fraction of sp³-hybridized carbons (Fsp3) is 0.217. The van der Waals surface area contributed by atoms with Crippen LogP contribution in [0.2, 0.25) is 21.9 Å². The monoisotopic (exact) mass is 946 g/mol. The summed E-state index contributed by atoms with van der Waals surface area (Å²) in [4.78, 5) is 22.6. The second-order valence-electron chi connectivity index (χ2n) is 14.8. The van der Waals surface area contributed by atoms with Crippen molar-refractivity contribution in [1.82, 2.24) is 15.0 Å². The number of hydrogen-bond acceptors (Lipinski definition) is 11. The summed E-state index contributed by atoms with van der Waals surface area (Å²) in [6, 6.07) is 14.2. The topological polar surface area (TPSA) is 148 Å². The summed E-state index contributed by atoms with van der Waals surface area (Å²) in [5, 5.41) is 20.3. The molecular weight excluding hydrogens is 903 g/mol. The number of aromatic nitrogens is 3. The molecule has 0 aliphatic carbocycles. The molecule has 0 bridgehead atoms. The van der Waals surface area contributed by atoms with Gasteiger partial charge in [0.2, 0.25) is 34.7 Å². The number of hydrogen-bond donors (Lipinski definition) is 2. The molecule has 330 valence electrons. The third-order valence-corrected chi connectivity index (χ3v) is 11.1. The van der Waals surface area contributed by atoms with Crippen molar-refractivity contribution >= 4 is 89.4 Å². The van der Waals surface area contributed by atoms with Crippen molar-refractivity contribution in [2.75, 3.05) is 0 Å². The number of benzene rings is 3. The molecule has 0 saturated carbocycles. The Balaban J connectivity index is 0.000000158. The number of fused-ring (bicyclic) bond motifs is 3. The predicted molar refractivity (Wildman–Crippen MR) is 255 cm³/mol. The van der Waals surface area contributed by atoms with Crippen molar-refractivity contribution in [3.8, 4) is 34.9 Å². The highest BCUT2D eigenvalue weighted by Gasteiger charge is 2.31. The number of nitrogens with zero attached hydrogens (tertiary/aromatic N) is 6. The lowest BCUT2D eigenvalue weighted by Gasteiger charge is -2.13. The minimum absolute atomic E-state index is 0.126. The molecule has 9 rings (SSSR count). The maximum Gasteiger partial charge on any atom is 0.492 e. The molecule has 6 heterocycles. The summed E-state index contributed by atoms with van der Waals surface area (Å²) in [7, 11) is -2.63. The lowest BCUT2D eigenvalue weighted by molar-refractivity contribution is 0.274. The van der Waals surface area contributed by atoms with Gasteiger partial charge in [-0.25, -0.2) is 29.5 Å². The SMILES string of the molecule is [2H]C1([2H])OB(C)c2ccc(Oc3nc(C)c([N+]#[C-])cc3Cl)c(C)c21.[2H]C1([2H])OB(O)c2c(C)cc(Oc3nc(C)c([N+]#[C-])cc3Cl)cc21.[2H]C1([2H])OB(O)c2cc(C)c(Oc3nc(C)c([N+]#[C-])cc3Cl)cc21. The Hall–Kier alpha value is -6.16. The van der Waals surface area contributed by atoms with Crippen LogP contribution < -0.4 is 30.6 Å². The molecule has 14 nitrogen and oxygen atoms in total. The van der Waals surface area contributed by atoms with E-state index in [0.717, 1.165) is 5.46 Å². The highest BCUT2D eigenvalue weighted by Crippen LogP contribution is 2.37. The fourth-order valence-corrected chi connectivity index (χ4v) is 7.29. The Morgan fingerprint density at radius 1 is 0.606 bits per heavy atom. The van der Waals surface area contributed by atoms with Gasteiger partial charge in [-0.3, -0.25) is 0 Å². The van der Waals surface area contributed by atoms with Gasteiger partial charge in [-0.1, -0.05) is 53.8 Å². The maximum atomic E-state index is 9.85. The Bertz CT molecular complexity index is 3270. The summed E-state index contributed by atoms with van der Waals surface area (Å²) in [5.74, 6) is 1.57. The zero-order chi connectivity index (χ0) is 52.9. The van der Waals surface area contributed by atoms with Crippen molar-refractivity contribution in [3.05, 3.63) is 154 Å². The standard InChI is InChI=1S/C16H14BClN2O2.2C15H12BClN2O3/c1-9-11-8-21-17(3)12(11)5-6-15(9)22-16-13(18)7-14(19-4)10(2)20-16;1-8-4-11-10(7-21-16(11)20)5-14(8)22-15-12(17)6-13(18-3)9(2)19-15;1-8-4-11(5-10-7-21-16(20)14(8)10)22-15-12(17)6-13(18-3)9(2)19-15/h5-7H,8H2,1-3H3;2*4-6,20H,7H2,1-2H3/i8D2;2*7D2. The van der Waals surface area contributed by atoms with Crippen molar-refractivity contribution in [2.24, 2.45) is 0 Å². The zero-order valence-electron chi connectivity index (χ0n) is 42.1. The first-order valence-electron chi connectivity index (χ1n) is 22.7. The predicted octanol–water partition coefficient (Wildman–Crippen LogP) is 9.88. The molecule has 2 N–H and O–H groups in total. The minimum Gasteiger partial charge on any atom is -0.438 e. The van der Waals surface area contributed by atoms with E-state index in [9.17, 15) is 10.0 Å². The van der Waals surface area contributed by atoms with E-state index in [2.05, 4.69) is 29.5 Å². The van der Waals surface area contributed by atoms with Crippen LogP contribution in [0.4, 0.5) is 17.1 Å². The Morgan fingerprint density at radius 3 is 1.68 bits per heavy atom. The van der Waals surface area contributed by atoms with E-state index in [-0.39, 0.29) is 50.8 Å². The van der Waals surface area contributed by atoms with Gasteiger partial charge in [0.1, 0.15) is 17.2 Å². The van der Waals surface area contributed by atoms with Gasteiger partial charge in [0.25, 0.3) is 0 Å². The molecule has 0 amide bonds. The van der Waals surface area contributed by atoms with Gasteiger partial charge in [0, 0.05) is 17.1 Å². The first-order chi connectivity index (χ1) is 33.7. The Kier molecular flexibility index (Phi) is 12.3. The number of halogens is 3. The highest BCUT2D eigenvalue weighted by molar-refractivity contribution is 6.67. The van der Waals surface area contributed by atoms with Crippen molar-refractivity contribution in [1.29, 1.82) is 0 Å². The molecule has 3 aliphatic heterocycles. The molecule has 6 aromatic rings. The van der Waals surface area contributed by atoms with Crippen LogP contribution in [-0.2, 0) is 33.6 Å². The normalized spacial score (nSPS) is 16.6. The van der Waals surface area contributed by atoms with Crippen molar-refractivity contribution in [2.45, 2.75) is 68.0 Å². The highest BCUT2D eigenvalue weighted by atomic mass is 35.5. The van der Waals surface area contributed by atoms with Crippen molar-refractivity contribution in [3.63, 3.8) is 0 Å². The largest absolute Gasteiger partial charge is 0.492 e. The van der Waals surface area contributed by atoms with Crippen molar-refractivity contribution < 1.29 is 46.4 Å². The van der Waals surface area contributed by atoms with Gasteiger partial charge < -0.3 is 38.2 Å². The fourth-order valence-electron chi connectivity index (χ4n) is 6.74. The van der Waals surface area contributed by atoms with Gasteiger partial charge in [0.05, 0.1) is 62.7 Å². The summed E-state index contributed by atoms with van der Waals surface area (Å²) in [6.07, 6.45) is 0. The molecule has 3 aromatic carbocycles. The molecule has 0 radical (unpaired) electrons. The summed E-state index contributed by atoms with van der Waals surface area (Å²) in [5.41, 5.74) is 6.93. The van der Waals surface area contributed by atoms with Crippen LogP contribution in [-0.4, -0.2) is 46.2 Å². The number of aryl methyl sites for hydroxylation is 5. The van der Waals surface area contributed by atoms with Crippen LogP contribution in [0.15, 0.2) is 54.6 Å². The van der Waals surface area contributed by atoms with E-state index in [1.54, 1.807) is 65.8 Å². The number of rotatable bonds is 6. The van der Waals surface area contributed by atoms with E-state index in [0.29, 0.717) is 84.6 Å². The molecule has 0 unspecified atom stereocenters. The first kappa shape index (κ1) is 40.1. The molecule has 66 heavy (non-hydrogen) atoms. The molecule has 3 aliphatic rings. The molecular formula is C46H38B3Cl3N6O8. The van der Waals surface area contributed by atoms with E-state index < -0.39 is 33.9 Å². The molecule has 0 fully saturated rings. The lowest BCUT2D eigenvalue weighted by atomic mass is 9.64. The molecule has 3 aromatic heterocycles. The summed E-state index contributed by atoms with van der Waals surface area (Å²) >= 11 is 18.4. The number of pyridine rings is 3. The lowest BCUT2D eigenvalue weighted by Crippen LogP contribution is -2.30. The second-order valence-corrected chi connectivity index (χ2v) is 16.1. The zero-order valence-corrected chi connectivity index (χ0v) is 38.4. The number of ether oxygens (including phenoxy) is 3. The third kappa shape index (κ3) is 10.1. The van der Waals surface area contributed by atoms with Gasteiger partial charge in [0.15, 0.2) is 0 Å². The Labute approximate surface area is 406 Å². The Morgan fingerprint density at radius 2 is 1.12 bits per heavy atom. The quantitative estimate of drug-likeness (QED) is 0.122. The molecule has 0 atom stereocenters. The smallest absolute Gasteiger partial charge is 0.438 e. The van der Waals surface area contributed by atoms with Crippen LogP contribution in [0.1, 0.15) is 58.7 Å². The molecule has 0 spiro atoms. The van der Waals surface area contributed by atoms with Crippen LogP contribution >= 0.6 is 34.8 Å². The second kappa shape index (κ2) is 20.2. The van der Waals surface area contributed by atoms with Crippen LogP contribution in [0, 0.1) is 61.3 Å². The average Bonchev–Trinajstić information content (AvgIpc) is 3.79. The van der Waals surface area contributed by atoms with Crippen LogP contribution in [0.3, 0.4) is 0 Å².